The van der Waals surface area contributed by atoms with Crippen LogP contribution >= 0.6 is 11.6 Å². The molecule has 0 bridgehead atoms. The molecular formula is C27H31ClFN5O5S. The topological polar surface area (TPSA) is 123 Å². The van der Waals surface area contributed by atoms with Gasteiger partial charge in [0.2, 0.25) is 5.75 Å². The Morgan fingerprint density at radius 1 is 1.40 bits per heavy atom. The van der Waals surface area contributed by atoms with Crippen molar-refractivity contribution in [3.05, 3.63) is 80.5 Å². The molecule has 0 amide bonds. The molecule has 214 valence electrons. The molecule has 2 aromatic heterocycles. The number of methoxy groups -OCH3 is 1. The van der Waals surface area contributed by atoms with Crippen LogP contribution in [-0.2, 0) is 14.8 Å². The Labute approximate surface area is 237 Å². The average molecular weight is 592 g/mol. The van der Waals surface area contributed by atoms with Crippen LogP contribution in [0.25, 0.3) is 11.2 Å². The van der Waals surface area contributed by atoms with E-state index in [0.717, 1.165) is 25.2 Å². The fourth-order valence-electron chi connectivity index (χ4n) is 3.77. The number of ether oxygens (including phenoxy) is 2. The zero-order valence-electron chi connectivity index (χ0n) is 22.3. The number of hydrogen-bond acceptors (Lipinski definition) is 8. The number of fused-ring (bicyclic) bond motifs is 1. The minimum atomic E-state index is -4.31. The van der Waals surface area contributed by atoms with Crippen LogP contribution in [0.4, 0.5) is 4.39 Å². The molecule has 3 heterocycles. The third-order valence-electron chi connectivity index (χ3n) is 5.87. The molecule has 0 radical (unpaired) electrons. The summed E-state index contributed by atoms with van der Waals surface area (Å²) in [6.07, 6.45) is 13.4. The number of terminal acetylenes is 1. The lowest BCUT2D eigenvalue weighted by Gasteiger charge is -2.38. The summed E-state index contributed by atoms with van der Waals surface area (Å²) in [5.74, 6) is 2.17. The second-order valence-corrected chi connectivity index (χ2v) is 11.3. The van der Waals surface area contributed by atoms with Crippen molar-refractivity contribution in [1.82, 2.24) is 24.7 Å². The Morgan fingerprint density at radius 3 is 2.75 bits per heavy atom. The van der Waals surface area contributed by atoms with Crippen molar-refractivity contribution in [3.63, 3.8) is 0 Å². The summed E-state index contributed by atoms with van der Waals surface area (Å²) in [4.78, 5) is 17.1. The zero-order valence-corrected chi connectivity index (χ0v) is 23.9. The molecule has 3 rings (SSSR count). The van der Waals surface area contributed by atoms with Gasteiger partial charge in [0.05, 0.1) is 25.1 Å². The maximum atomic E-state index is 13.2. The summed E-state index contributed by atoms with van der Waals surface area (Å²) in [6, 6.07) is 3.39. The van der Waals surface area contributed by atoms with E-state index in [-0.39, 0.29) is 29.0 Å². The molecule has 1 aliphatic heterocycles. The van der Waals surface area contributed by atoms with Gasteiger partial charge in [-0.3, -0.25) is 13.9 Å². The third kappa shape index (κ3) is 7.51. The molecule has 2 aromatic rings. The lowest BCUT2D eigenvalue weighted by molar-refractivity contribution is 0.101. The highest BCUT2D eigenvalue weighted by molar-refractivity contribution is 7.93. The Bertz CT molecular complexity index is 1570. The van der Waals surface area contributed by atoms with Gasteiger partial charge in [-0.25, -0.2) is 17.8 Å². The van der Waals surface area contributed by atoms with Crippen molar-refractivity contribution in [3.8, 4) is 18.1 Å². The van der Waals surface area contributed by atoms with Gasteiger partial charge in [-0.05, 0) is 24.3 Å². The van der Waals surface area contributed by atoms with E-state index >= 15 is 0 Å². The minimum Gasteiger partial charge on any atom is -0.486 e. The molecule has 1 fully saturated rings. The second kappa shape index (κ2) is 13.6. The summed E-state index contributed by atoms with van der Waals surface area (Å²) in [6.45, 7) is 2.98. The number of nitrogens with one attached hydrogen (secondary N) is 3. The summed E-state index contributed by atoms with van der Waals surface area (Å²) in [5, 5.41) is 5.69. The molecule has 0 spiro atoms. The van der Waals surface area contributed by atoms with Crippen LogP contribution in [0.3, 0.4) is 0 Å². The number of sulfonamides is 1. The zero-order chi connectivity index (χ0) is 29.3. The van der Waals surface area contributed by atoms with Crippen LogP contribution in [0.2, 0.25) is 0 Å². The Morgan fingerprint density at radius 2 is 2.15 bits per heavy atom. The van der Waals surface area contributed by atoms with E-state index in [2.05, 4.69) is 33.2 Å². The SMILES string of the molecule is C#C/C(Cl)=C(\C=C/CF)S(=O)(=O)N/C(=C/C(=C\NC)c1ccc2ncc(OCC3(C)CNC3)c(=O)n2c1)COC. The van der Waals surface area contributed by atoms with E-state index in [4.69, 9.17) is 27.5 Å². The molecule has 40 heavy (non-hydrogen) atoms. The van der Waals surface area contributed by atoms with Crippen LogP contribution in [0.15, 0.2) is 69.4 Å². The number of allylic oxidation sites excluding steroid dienone is 5. The molecule has 0 saturated carbocycles. The monoisotopic (exact) mass is 591 g/mol. The maximum absolute atomic E-state index is 13.2. The standard InChI is InChI=1S/C27H31ClFN5O5S/c1-5-22(28)24(7-6-10-29)40(36,37)33-21(15-38-4)11-20(12-30-3)19-8-9-25-32-13-23(26(35)34(25)14-19)39-18-27(2)16-31-17-27/h1,6-9,11-14,30-31,33H,10,15-18H2,2-4H3/b7-6-,20-12+,21-11+,24-22-. The largest absolute Gasteiger partial charge is 0.486 e. The van der Waals surface area contributed by atoms with Gasteiger partial charge in [0.15, 0.2) is 0 Å². The smallest absolute Gasteiger partial charge is 0.300 e. The molecule has 0 aromatic carbocycles. The van der Waals surface area contributed by atoms with Crippen molar-refractivity contribution >= 4 is 32.8 Å². The first-order chi connectivity index (χ1) is 19.1. The number of hydrogen-bond donors (Lipinski definition) is 3. The highest BCUT2D eigenvalue weighted by atomic mass is 35.5. The fraction of sp³-hybridized carbons (Fsp3) is 0.333. The van der Waals surface area contributed by atoms with Gasteiger partial charge in [0, 0.05) is 56.2 Å². The average Bonchev–Trinajstić information content (AvgIpc) is 2.91. The van der Waals surface area contributed by atoms with Gasteiger partial charge in [-0.1, -0.05) is 30.5 Å². The van der Waals surface area contributed by atoms with Crippen molar-refractivity contribution < 1.29 is 22.3 Å². The Hall–Kier alpha value is -3.63. The molecule has 1 saturated heterocycles. The molecule has 0 atom stereocenters. The molecule has 0 unspecified atom stereocenters. The van der Waals surface area contributed by atoms with Crippen molar-refractivity contribution in [2.24, 2.45) is 5.41 Å². The number of aromatic nitrogens is 2. The normalized spacial score (nSPS) is 16.3. The predicted molar refractivity (Wildman–Crippen MR) is 154 cm³/mol. The lowest BCUT2D eigenvalue weighted by atomic mass is 9.85. The summed E-state index contributed by atoms with van der Waals surface area (Å²) in [5.41, 5.74) is 1.14. The lowest BCUT2D eigenvalue weighted by Crippen LogP contribution is -2.54. The van der Waals surface area contributed by atoms with Gasteiger partial charge in [0.1, 0.15) is 22.3 Å². The maximum Gasteiger partial charge on any atom is 0.300 e. The number of halogens is 2. The molecule has 13 heteroatoms. The molecule has 1 aliphatic rings. The molecule has 0 aliphatic carbocycles. The van der Waals surface area contributed by atoms with Crippen molar-refractivity contribution in [2.75, 3.05) is 47.1 Å². The number of pyridine rings is 1. The van der Waals surface area contributed by atoms with Crippen LogP contribution in [-0.4, -0.2) is 64.9 Å². The summed E-state index contributed by atoms with van der Waals surface area (Å²) >= 11 is 5.93. The van der Waals surface area contributed by atoms with Crippen molar-refractivity contribution in [1.29, 1.82) is 0 Å². The van der Waals surface area contributed by atoms with E-state index < -0.39 is 26.6 Å². The van der Waals surface area contributed by atoms with Crippen LogP contribution in [0.5, 0.6) is 5.75 Å². The van der Waals surface area contributed by atoms with Crippen molar-refractivity contribution in [2.45, 2.75) is 6.92 Å². The molecular weight excluding hydrogens is 561 g/mol. The van der Waals surface area contributed by atoms with Gasteiger partial charge in [-0.2, -0.15) is 0 Å². The minimum absolute atomic E-state index is 0.0480. The first-order valence-corrected chi connectivity index (χ1v) is 14.0. The quantitative estimate of drug-likeness (QED) is 0.240. The summed E-state index contributed by atoms with van der Waals surface area (Å²) in [7, 11) is -1.26. The predicted octanol–water partition coefficient (Wildman–Crippen LogP) is 2.30. The van der Waals surface area contributed by atoms with E-state index in [0.29, 0.717) is 23.4 Å². The van der Waals surface area contributed by atoms with Crippen LogP contribution in [0.1, 0.15) is 12.5 Å². The van der Waals surface area contributed by atoms with E-state index in [1.165, 1.54) is 23.8 Å². The number of rotatable bonds is 13. The molecule has 10 nitrogen and oxygen atoms in total. The van der Waals surface area contributed by atoms with E-state index in [1.807, 2.05) is 0 Å². The van der Waals surface area contributed by atoms with Gasteiger partial charge < -0.3 is 20.1 Å². The number of nitrogens with zero attached hydrogens (tertiary/aromatic N) is 2. The first-order valence-electron chi connectivity index (χ1n) is 12.1. The first kappa shape index (κ1) is 30.9. The molecule has 3 N–H and O–H groups in total. The van der Waals surface area contributed by atoms with Crippen LogP contribution in [0, 0.1) is 17.8 Å². The second-order valence-electron chi connectivity index (χ2n) is 9.25. The Kier molecular flexibility index (Phi) is 10.5. The third-order valence-corrected chi connectivity index (χ3v) is 7.74. The van der Waals surface area contributed by atoms with E-state index in [1.54, 1.807) is 31.6 Å². The number of alkyl halides is 1. The highest BCUT2D eigenvalue weighted by Gasteiger charge is 2.32. The fourth-order valence-corrected chi connectivity index (χ4v) is 5.28. The van der Waals surface area contributed by atoms with Gasteiger partial charge in [0.25, 0.3) is 15.6 Å². The summed E-state index contributed by atoms with van der Waals surface area (Å²) < 4.78 is 53.6. The highest BCUT2D eigenvalue weighted by Crippen LogP contribution is 2.23. The van der Waals surface area contributed by atoms with Gasteiger partial charge >= 0.3 is 0 Å². The van der Waals surface area contributed by atoms with Gasteiger partial charge in [-0.15, -0.1) is 6.42 Å². The Balaban J connectivity index is 2.01. The van der Waals surface area contributed by atoms with Crippen LogP contribution < -0.4 is 25.7 Å². The van der Waals surface area contributed by atoms with E-state index in [9.17, 15) is 17.6 Å².